The molecule has 1 aromatic rings. The van der Waals surface area contributed by atoms with Crippen LogP contribution >= 0.6 is 23.4 Å². The van der Waals surface area contributed by atoms with Crippen LogP contribution in [0.3, 0.4) is 0 Å². The number of anilines is 1. The summed E-state index contributed by atoms with van der Waals surface area (Å²) in [5, 5.41) is 13.4. The molecule has 1 aliphatic heterocycles. The molecule has 214 valence electrons. The molecule has 3 N–H and O–H groups in total. The standard InChI is InChI=1S/C29H31ClF2N2O5S/c1-26-8-7-18(35)10-21(26)22(31)11-20-19-9-15-13-34(17-5-3-16(30)4-6-17)39-29(15,25(38)40-14-24(33)37)27(19,2)12-23(36)28(20,26)32/h3-8,10,15,19-20,22-23,36H,9,11-14H2,1-2H3,(H2,33,37)/t15-,19-,20-,22-,23-,26-,27-,28-,29-/m0/s1. The molecular weight excluding hydrogens is 562 g/mol. The molecule has 0 bridgehead atoms. The molecule has 0 radical (unpaired) electrons. The highest BCUT2D eigenvalue weighted by Gasteiger charge is 2.79. The van der Waals surface area contributed by atoms with Gasteiger partial charge in [0, 0.05) is 27.7 Å². The summed E-state index contributed by atoms with van der Waals surface area (Å²) < 4.78 is 33.3. The third kappa shape index (κ3) is 3.51. The van der Waals surface area contributed by atoms with Crippen LogP contribution in [-0.4, -0.2) is 57.8 Å². The van der Waals surface area contributed by atoms with Crippen LogP contribution in [0.1, 0.15) is 33.1 Å². The zero-order valence-corrected chi connectivity index (χ0v) is 23.7. The fraction of sp³-hybridized carbons (Fsp3) is 0.552. The second kappa shape index (κ2) is 9.11. The zero-order valence-electron chi connectivity index (χ0n) is 22.1. The second-order valence-electron chi connectivity index (χ2n) is 12.2. The van der Waals surface area contributed by atoms with E-state index < -0.39 is 68.9 Å². The van der Waals surface area contributed by atoms with Crippen molar-refractivity contribution in [2.24, 2.45) is 34.3 Å². The molecule has 40 heavy (non-hydrogen) atoms. The maximum Gasteiger partial charge on any atom is 0.227 e. The van der Waals surface area contributed by atoms with Crippen molar-refractivity contribution in [3.8, 4) is 0 Å². The Morgan fingerprint density at radius 2 is 1.93 bits per heavy atom. The molecule has 9 atom stereocenters. The molecule has 0 aromatic heterocycles. The number of benzene rings is 1. The van der Waals surface area contributed by atoms with Crippen molar-refractivity contribution in [3.05, 3.63) is 53.1 Å². The minimum Gasteiger partial charge on any atom is -0.390 e. The molecule has 3 saturated carbocycles. The lowest BCUT2D eigenvalue weighted by Gasteiger charge is -2.63. The van der Waals surface area contributed by atoms with Gasteiger partial charge < -0.3 is 10.8 Å². The quantitative estimate of drug-likeness (QED) is 0.541. The fourth-order valence-corrected chi connectivity index (χ4v) is 9.64. The maximum atomic E-state index is 17.5. The average Bonchev–Trinajstić information content (AvgIpc) is 3.39. The van der Waals surface area contributed by atoms with Gasteiger partial charge in [-0.2, -0.15) is 0 Å². The second-order valence-corrected chi connectivity index (χ2v) is 13.6. The van der Waals surface area contributed by atoms with E-state index in [0.29, 0.717) is 23.7 Å². The van der Waals surface area contributed by atoms with E-state index in [0.717, 1.165) is 17.8 Å². The first-order chi connectivity index (χ1) is 18.8. The molecule has 11 heteroatoms. The molecule has 7 nitrogen and oxygen atoms in total. The van der Waals surface area contributed by atoms with Crippen molar-refractivity contribution in [3.63, 3.8) is 0 Å². The first-order valence-corrected chi connectivity index (χ1v) is 14.8. The van der Waals surface area contributed by atoms with Crippen molar-refractivity contribution in [1.29, 1.82) is 0 Å². The number of amides is 1. The van der Waals surface area contributed by atoms with Gasteiger partial charge in [-0.1, -0.05) is 36.4 Å². The van der Waals surface area contributed by atoms with Gasteiger partial charge in [0.05, 0.1) is 24.1 Å². The molecule has 5 aliphatic rings. The third-order valence-corrected chi connectivity index (χ3v) is 11.6. The Bertz CT molecular complexity index is 1360. The van der Waals surface area contributed by atoms with Crippen molar-refractivity contribution < 1.29 is 33.1 Å². The van der Waals surface area contributed by atoms with E-state index in [4.69, 9.17) is 22.2 Å². The Morgan fingerprint density at radius 3 is 2.60 bits per heavy atom. The van der Waals surface area contributed by atoms with Crippen LogP contribution in [-0.2, 0) is 19.2 Å². The molecule has 4 fully saturated rings. The number of nitrogens with two attached hydrogens (primary N) is 1. The summed E-state index contributed by atoms with van der Waals surface area (Å²) in [6, 6.07) is 6.93. The summed E-state index contributed by atoms with van der Waals surface area (Å²) >= 11 is 6.83. The number of hydroxylamine groups is 1. The van der Waals surface area contributed by atoms with Gasteiger partial charge in [-0.25, -0.2) is 8.78 Å². The topological polar surface area (TPSA) is 110 Å². The zero-order chi connectivity index (χ0) is 28.8. The maximum absolute atomic E-state index is 17.5. The predicted molar refractivity (Wildman–Crippen MR) is 147 cm³/mol. The van der Waals surface area contributed by atoms with Crippen LogP contribution in [0.4, 0.5) is 14.5 Å². The Hall–Kier alpha value is -2.27. The number of hydrogen-bond acceptors (Lipinski definition) is 7. The lowest BCUT2D eigenvalue weighted by molar-refractivity contribution is -0.225. The number of alkyl halides is 2. The first kappa shape index (κ1) is 27.9. The minimum absolute atomic E-state index is 0.0487. The Labute approximate surface area is 240 Å². The van der Waals surface area contributed by atoms with Crippen LogP contribution in [0.15, 0.2) is 48.1 Å². The minimum atomic E-state index is -2.26. The van der Waals surface area contributed by atoms with E-state index in [2.05, 4.69) is 0 Å². The first-order valence-electron chi connectivity index (χ1n) is 13.4. The highest BCUT2D eigenvalue weighted by molar-refractivity contribution is 8.14. The Kier molecular flexibility index (Phi) is 6.35. The number of allylic oxidation sites excluding steroid dienone is 4. The summed E-state index contributed by atoms with van der Waals surface area (Å²) in [4.78, 5) is 44.3. The van der Waals surface area contributed by atoms with Crippen LogP contribution in [0.5, 0.6) is 0 Å². The number of nitrogens with zero attached hydrogens (tertiary/aromatic N) is 1. The number of carbonyl (C=O) groups is 3. The summed E-state index contributed by atoms with van der Waals surface area (Å²) in [5.41, 5.74) is -0.309. The number of primary amides is 1. The van der Waals surface area contributed by atoms with E-state index in [-0.39, 0.29) is 24.2 Å². The summed E-state index contributed by atoms with van der Waals surface area (Å²) in [6.45, 7) is 3.66. The van der Waals surface area contributed by atoms with Crippen molar-refractivity contribution in [1.82, 2.24) is 0 Å². The number of fused-ring (bicyclic) bond motifs is 7. The lowest BCUT2D eigenvalue weighted by Crippen LogP contribution is -2.70. The normalized spacial score (nSPS) is 43.5. The molecule has 6 rings (SSSR count). The van der Waals surface area contributed by atoms with Crippen molar-refractivity contribution >= 4 is 45.9 Å². The molecule has 1 aromatic carbocycles. The van der Waals surface area contributed by atoms with E-state index in [1.165, 1.54) is 12.2 Å². The van der Waals surface area contributed by atoms with Gasteiger partial charge in [0.1, 0.15) is 6.17 Å². The van der Waals surface area contributed by atoms with Crippen LogP contribution in [0.25, 0.3) is 0 Å². The Morgan fingerprint density at radius 1 is 1.23 bits per heavy atom. The van der Waals surface area contributed by atoms with Gasteiger partial charge in [-0.05, 0) is 74.1 Å². The lowest BCUT2D eigenvalue weighted by atomic mass is 9.44. The van der Waals surface area contributed by atoms with E-state index in [9.17, 15) is 19.5 Å². The highest BCUT2D eigenvalue weighted by Crippen LogP contribution is 2.73. The Balaban J connectivity index is 1.44. The number of hydrogen-bond donors (Lipinski definition) is 2. The number of rotatable bonds is 4. The number of ketones is 1. The monoisotopic (exact) mass is 592 g/mol. The summed E-state index contributed by atoms with van der Waals surface area (Å²) in [6.07, 6.45) is 0.654. The van der Waals surface area contributed by atoms with E-state index in [1.54, 1.807) is 36.3 Å². The van der Waals surface area contributed by atoms with Crippen LogP contribution in [0.2, 0.25) is 5.02 Å². The van der Waals surface area contributed by atoms with Crippen LogP contribution < -0.4 is 10.8 Å². The number of thioether (sulfide) groups is 1. The van der Waals surface area contributed by atoms with Gasteiger partial charge in [-0.3, -0.25) is 24.3 Å². The summed E-state index contributed by atoms with van der Waals surface area (Å²) in [7, 11) is 0. The van der Waals surface area contributed by atoms with Gasteiger partial charge in [-0.15, -0.1) is 0 Å². The number of carbonyl (C=O) groups excluding carboxylic acids is 3. The molecule has 1 saturated heterocycles. The van der Waals surface area contributed by atoms with Crippen molar-refractivity contribution in [2.75, 3.05) is 17.4 Å². The summed E-state index contributed by atoms with van der Waals surface area (Å²) in [5.74, 6) is -3.21. The molecule has 1 heterocycles. The highest BCUT2D eigenvalue weighted by atomic mass is 35.5. The largest absolute Gasteiger partial charge is 0.390 e. The van der Waals surface area contributed by atoms with Crippen molar-refractivity contribution in [2.45, 2.75) is 56.7 Å². The van der Waals surface area contributed by atoms with E-state index >= 15 is 8.78 Å². The van der Waals surface area contributed by atoms with Gasteiger partial charge >= 0.3 is 0 Å². The van der Waals surface area contributed by atoms with Crippen LogP contribution in [0, 0.1) is 28.6 Å². The predicted octanol–water partition coefficient (Wildman–Crippen LogP) is 4.12. The van der Waals surface area contributed by atoms with Gasteiger partial charge in [0.25, 0.3) is 0 Å². The van der Waals surface area contributed by atoms with E-state index in [1.807, 2.05) is 6.92 Å². The molecular formula is C29H31ClF2N2O5S. The SMILES string of the molecule is C[C@]12C=CC(=O)C=C1[C@@H](F)C[C@H]1[C@@H]3C[C@H]4CN(c5ccc(Cl)cc5)O[C@@]4(C(=O)SCC(N)=O)[C@@]3(C)C[C@H](O)[C@@]12F. The van der Waals surface area contributed by atoms with Gasteiger partial charge in [0.15, 0.2) is 17.1 Å². The third-order valence-electron chi connectivity index (χ3n) is 10.4. The fourth-order valence-electron chi connectivity index (χ4n) is 8.59. The molecule has 4 aliphatic carbocycles. The smallest absolute Gasteiger partial charge is 0.227 e. The number of aliphatic hydroxyl groups excluding tert-OH is 1. The number of halogens is 3. The molecule has 0 unspecified atom stereocenters. The molecule has 1 amide bonds. The number of aliphatic hydroxyl groups is 1. The average molecular weight is 593 g/mol. The molecule has 0 spiro atoms. The van der Waals surface area contributed by atoms with Gasteiger partial charge in [0.2, 0.25) is 11.0 Å².